The highest BCUT2D eigenvalue weighted by atomic mass is 19.1. The molecule has 1 aromatic heterocycles. The number of hydrogen-bond acceptors (Lipinski definition) is 3. The summed E-state index contributed by atoms with van der Waals surface area (Å²) in [6.07, 6.45) is 0. The van der Waals surface area contributed by atoms with Gasteiger partial charge in [0.1, 0.15) is 29.7 Å². The number of ether oxygens (including phenoxy) is 2. The van der Waals surface area contributed by atoms with Crippen LogP contribution in [0.5, 0.6) is 5.75 Å². The van der Waals surface area contributed by atoms with Gasteiger partial charge in [-0.3, -0.25) is 0 Å². The van der Waals surface area contributed by atoms with E-state index in [1.807, 2.05) is 58.0 Å². The summed E-state index contributed by atoms with van der Waals surface area (Å²) in [6.45, 7) is 8.95. The molecule has 0 aliphatic rings. The first-order valence-electron chi connectivity index (χ1n) is 9.01. The van der Waals surface area contributed by atoms with Gasteiger partial charge < -0.3 is 13.9 Å². The highest BCUT2D eigenvalue weighted by Gasteiger charge is 2.12. The SMILES string of the molecule is Cc1oc(-c2ccc(F)cc2)cc1COc1cccc(COC(C)(C)C)c1. The minimum atomic E-state index is -0.263. The van der Waals surface area contributed by atoms with Crippen molar-refractivity contribution in [1.82, 2.24) is 0 Å². The van der Waals surface area contributed by atoms with Crippen LogP contribution in [0.25, 0.3) is 11.3 Å². The zero-order valence-electron chi connectivity index (χ0n) is 16.2. The van der Waals surface area contributed by atoms with E-state index in [1.165, 1.54) is 12.1 Å². The van der Waals surface area contributed by atoms with E-state index in [-0.39, 0.29) is 11.4 Å². The minimum Gasteiger partial charge on any atom is -0.489 e. The largest absolute Gasteiger partial charge is 0.489 e. The molecule has 1 heterocycles. The van der Waals surface area contributed by atoms with E-state index >= 15 is 0 Å². The molecule has 0 bridgehead atoms. The predicted molar refractivity (Wildman–Crippen MR) is 104 cm³/mol. The van der Waals surface area contributed by atoms with Crippen LogP contribution in [0.1, 0.15) is 37.7 Å². The van der Waals surface area contributed by atoms with Crippen molar-refractivity contribution in [3.05, 3.63) is 77.3 Å². The first-order valence-corrected chi connectivity index (χ1v) is 9.01. The number of halogens is 1. The zero-order chi connectivity index (χ0) is 19.4. The average molecular weight is 368 g/mol. The van der Waals surface area contributed by atoms with Gasteiger partial charge in [-0.05, 0) is 75.7 Å². The second kappa shape index (κ2) is 7.97. The molecule has 3 rings (SSSR count). The molecule has 3 aromatic rings. The summed E-state index contributed by atoms with van der Waals surface area (Å²) in [5, 5.41) is 0. The molecule has 0 aliphatic carbocycles. The summed E-state index contributed by atoms with van der Waals surface area (Å²) in [6, 6.07) is 16.1. The molecule has 0 saturated carbocycles. The molecule has 0 fully saturated rings. The third kappa shape index (κ3) is 5.44. The lowest BCUT2D eigenvalue weighted by molar-refractivity contribution is -0.0150. The molecule has 0 radical (unpaired) electrons. The Hall–Kier alpha value is -2.59. The molecule has 0 amide bonds. The number of hydrogen-bond donors (Lipinski definition) is 0. The smallest absolute Gasteiger partial charge is 0.134 e. The Balaban J connectivity index is 1.66. The van der Waals surface area contributed by atoms with Gasteiger partial charge in [0.05, 0.1) is 12.2 Å². The third-order valence-electron chi connectivity index (χ3n) is 4.11. The van der Waals surface area contributed by atoms with E-state index in [0.29, 0.717) is 19.0 Å². The van der Waals surface area contributed by atoms with E-state index < -0.39 is 0 Å². The molecule has 0 aliphatic heterocycles. The lowest BCUT2D eigenvalue weighted by Gasteiger charge is -2.19. The Morgan fingerprint density at radius 3 is 2.41 bits per heavy atom. The van der Waals surface area contributed by atoms with Gasteiger partial charge in [-0.15, -0.1) is 0 Å². The van der Waals surface area contributed by atoms with Crippen molar-refractivity contribution in [2.45, 2.75) is 46.5 Å². The molecular weight excluding hydrogens is 343 g/mol. The van der Waals surface area contributed by atoms with Crippen LogP contribution in [0.2, 0.25) is 0 Å². The van der Waals surface area contributed by atoms with Crippen molar-refractivity contribution < 1.29 is 18.3 Å². The maximum absolute atomic E-state index is 13.1. The van der Waals surface area contributed by atoms with Crippen LogP contribution in [-0.4, -0.2) is 5.60 Å². The molecule has 0 N–H and O–H groups in total. The molecule has 2 aromatic carbocycles. The highest BCUT2D eigenvalue weighted by Crippen LogP contribution is 2.27. The van der Waals surface area contributed by atoms with Crippen LogP contribution in [0, 0.1) is 12.7 Å². The van der Waals surface area contributed by atoms with Gasteiger partial charge in [0.15, 0.2) is 0 Å². The normalized spacial score (nSPS) is 11.6. The van der Waals surface area contributed by atoms with Gasteiger partial charge in [0, 0.05) is 11.1 Å². The van der Waals surface area contributed by atoms with Crippen LogP contribution in [0.4, 0.5) is 4.39 Å². The summed E-state index contributed by atoms with van der Waals surface area (Å²) < 4.78 is 30.6. The van der Waals surface area contributed by atoms with Gasteiger partial charge in [0.25, 0.3) is 0 Å². The fraction of sp³-hybridized carbons (Fsp3) is 0.304. The van der Waals surface area contributed by atoms with Crippen LogP contribution < -0.4 is 4.74 Å². The van der Waals surface area contributed by atoms with E-state index in [2.05, 4.69) is 0 Å². The van der Waals surface area contributed by atoms with E-state index in [0.717, 1.165) is 28.2 Å². The van der Waals surface area contributed by atoms with Crippen LogP contribution >= 0.6 is 0 Å². The van der Waals surface area contributed by atoms with E-state index in [9.17, 15) is 4.39 Å². The van der Waals surface area contributed by atoms with Gasteiger partial charge in [-0.2, -0.15) is 0 Å². The monoisotopic (exact) mass is 368 g/mol. The van der Waals surface area contributed by atoms with Gasteiger partial charge in [-0.25, -0.2) is 4.39 Å². The second-order valence-corrected chi connectivity index (χ2v) is 7.54. The minimum absolute atomic E-state index is 0.179. The van der Waals surface area contributed by atoms with Gasteiger partial charge in [0.2, 0.25) is 0 Å². The molecule has 0 unspecified atom stereocenters. The van der Waals surface area contributed by atoms with Crippen LogP contribution in [0.3, 0.4) is 0 Å². The fourth-order valence-corrected chi connectivity index (χ4v) is 2.61. The Morgan fingerprint density at radius 1 is 0.963 bits per heavy atom. The van der Waals surface area contributed by atoms with Crippen molar-refractivity contribution >= 4 is 0 Å². The Kier molecular flexibility index (Phi) is 5.66. The molecule has 0 saturated heterocycles. The zero-order valence-corrected chi connectivity index (χ0v) is 16.2. The number of furan rings is 1. The summed E-state index contributed by atoms with van der Waals surface area (Å²) >= 11 is 0. The highest BCUT2D eigenvalue weighted by molar-refractivity contribution is 5.58. The van der Waals surface area contributed by atoms with Crippen molar-refractivity contribution in [2.75, 3.05) is 0 Å². The summed E-state index contributed by atoms with van der Waals surface area (Å²) in [4.78, 5) is 0. The van der Waals surface area contributed by atoms with E-state index in [1.54, 1.807) is 12.1 Å². The first kappa shape index (κ1) is 19.2. The first-order chi connectivity index (χ1) is 12.8. The summed E-state index contributed by atoms with van der Waals surface area (Å²) in [7, 11) is 0. The predicted octanol–water partition coefficient (Wildman–Crippen LogP) is 6.29. The molecule has 142 valence electrons. The van der Waals surface area contributed by atoms with E-state index in [4.69, 9.17) is 13.9 Å². The lowest BCUT2D eigenvalue weighted by Crippen LogP contribution is -2.18. The van der Waals surface area contributed by atoms with Crippen molar-refractivity contribution in [2.24, 2.45) is 0 Å². The molecule has 3 nitrogen and oxygen atoms in total. The Labute approximate surface area is 159 Å². The maximum atomic E-state index is 13.1. The molecule has 27 heavy (non-hydrogen) atoms. The van der Waals surface area contributed by atoms with Crippen molar-refractivity contribution in [3.8, 4) is 17.1 Å². The van der Waals surface area contributed by atoms with Crippen LogP contribution in [0.15, 0.2) is 59.0 Å². The number of rotatable bonds is 6. The van der Waals surface area contributed by atoms with Crippen molar-refractivity contribution in [1.29, 1.82) is 0 Å². The maximum Gasteiger partial charge on any atom is 0.134 e. The fourth-order valence-electron chi connectivity index (χ4n) is 2.61. The van der Waals surface area contributed by atoms with Gasteiger partial charge in [-0.1, -0.05) is 12.1 Å². The molecule has 0 atom stereocenters. The Morgan fingerprint density at radius 2 is 1.70 bits per heavy atom. The topological polar surface area (TPSA) is 31.6 Å². The van der Waals surface area contributed by atoms with Gasteiger partial charge >= 0.3 is 0 Å². The summed E-state index contributed by atoms with van der Waals surface area (Å²) in [5.74, 6) is 2.02. The standard InChI is InChI=1S/C23H25FO3/c1-16-19(13-22(27-16)18-8-10-20(24)11-9-18)15-25-21-7-5-6-17(12-21)14-26-23(2,3)4/h5-13H,14-15H2,1-4H3. The molecule has 4 heteroatoms. The number of aryl methyl sites for hydroxylation is 1. The molecule has 0 spiro atoms. The third-order valence-corrected chi connectivity index (χ3v) is 4.11. The van der Waals surface area contributed by atoms with Crippen molar-refractivity contribution in [3.63, 3.8) is 0 Å². The lowest BCUT2D eigenvalue weighted by atomic mass is 10.1. The Bertz CT molecular complexity index is 889. The summed E-state index contributed by atoms with van der Waals surface area (Å²) in [5.41, 5.74) is 2.69. The molecular formula is C23H25FO3. The van der Waals surface area contributed by atoms with Crippen LogP contribution in [-0.2, 0) is 18.0 Å². The average Bonchev–Trinajstić information content (AvgIpc) is 2.99. The second-order valence-electron chi connectivity index (χ2n) is 7.54. The number of benzene rings is 2. The quantitative estimate of drug-likeness (QED) is 0.512.